The summed E-state index contributed by atoms with van der Waals surface area (Å²) in [6.07, 6.45) is 4.91. The summed E-state index contributed by atoms with van der Waals surface area (Å²) in [5.74, 6) is 0.863. The van der Waals surface area contributed by atoms with Crippen molar-refractivity contribution in [2.24, 2.45) is 4.99 Å². The Labute approximate surface area is 147 Å². The Bertz CT molecular complexity index is 981. The van der Waals surface area contributed by atoms with Gasteiger partial charge in [-0.15, -0.1) is 10.2 Å². The van der Waals surface area contributed by atoms with Crippen LogP contribution in [0.2, 0.25) is 0 Å². The molecule has 3 aromatic rings. The van der Waals surface area contributed by atoms with Gasteiger partial charge >= 0.3 is 0 Å². The van der Waals surface area contributed by atoms with Crippen LogP contribution in [0.4, 0.5) is 5.82 Å². The summed E-state index contributed by atoms with van der Waals surface area (Å²) in [5.41, 5.74) is 4.45. The van der Waals surface area contributed by atoms with E-state index in [9.17, 15) is 0 Å². The van der Waals surface area contributed by atoms with Gasteiger partial charge in [0.2, 0.25) is 0 Å². The van der Waals surface area contributed by atoms with Crippen LogP contribution in [0.15, 0.2) is 59.6 Å². The average molecular weight is 328 g/mol. The molecule has 0 spiro atoms. The number of hydrogen-bond donors (Lipinski definition) is 0. The first-order valence-corrected chi connectivity index (χ1v) is 8.46. The largest absolute Gasteiger partial charge is 0.361 e. The van der Waals surface area contributed by atoms with Crippen LogP contribution in [0, 0.1) is 0 Å². The fourth-order valence-electron chi connectivity index (χ4n) is 3.19. The van der Waals surface area contributed by atoms with E-state index >= 15 is 0 Å². The van der Waals surface area contributed by atoms with E-state index in [0.717, 1.165) is 35.6 Å². The Morgan fingerprint density at radius 3 is 2.56 bits per heavy atom. The number of aromatic nitrogens is 2. The summed E-state index contributed by atoms with van der Waals surface area (Å²) in [4.78, 5) is 6.30. The highest BCUT2D eigenvalue weighted by atomic mass is 15.2. The molecule has 4 heteroatoms. The van der Waals surface area contributed by atoms with Crippen molar-refractivity contribution in [1.29, 1.82) is 0 Å². The van der Waals surface area contributed by atoms with Gasteiger partial charge in [-0.2, -0.15) is 0 Å². The molecule has 124 valence electrons. The van der Waals surface area contributed by atoms with Gasteiger partial charge in [0.1, 0.15) is 5.69 Å². The van der Waals surface area contributed by atoms with Crippen molar-refractivity contribution < 1.29 is 0 Å². The molecule has 2 aromatic carbocycles. The van der Waals surface area contributed by atoms with E-state index in [1.807, 2.05) is 25.2 Å². The van der Waals surface area contributed by atoms with E-state index in [1.165, 1.54) is 16.3 Å². The average Bonchev–Trinajstić information content (AvgIpc) is 2.68. The van der Waals surface area contributed by atoms with Crippen molar-refractivity contribution in [1.82, 2.24) is 10.2 Å². The second-order valence-corrected chi connectivity index (χ2v) is 6.38. The van der Waals surface area contributed by atoms with E-state index in [2.05, 4.69) is 69.8 Å². The summed E-state index contributed by atoms with van der Waals surface area (Å²) in [6, 6.07) is 16.9. The van der Waals surface area contributed by atoms with Crippen LogP contribution in [0.1, 0.15) is 12.0 Å². The molecule has 4 nitrogen and oxygen atoms in total. The minimum atomic E-state index is 0.820. The zero-order valence-corrected chi connectivity index (χ0v) is 14.5. The molecule has 25 heavy (non-hydrogen) atoms. The molecule has 1 aromatic heterocycles. The van der Waals surface area contributed by atoms with E-state index in [4.69, 9.17) is 0 Å². The third-order valence-corrected chi connectivity index (χ3v) is 4.52. The molecule has 0 atom stereocenters. The fraction of sp³-hybridized carbons (Fsp3) is 0.190. The number of anilines is 1. The topological polar surface area (TPSA) is 41.4 Å². The smallest absolute Gasteiger partial charge is 0.151 e. The minimum Gasteiger partial charge on any atom is -0.361 e. The maximum atomic E-state index is 4.62. The number of fused-ring (bicyclic) bond motifs is 1. The third kappa shape index (κ3) is 2.91. The second-order valence-electron chi connectivity index (χ2n) is 6.38. The molecule has 0 N–H and O–H groups in total. The van der Waals surface area contributed by atoms with E-state index < -0.39 is 0 Å². The fourth-order valence-corrected chi connectivity index (χ4v) is 3.19. The lowest BCUT2D eigenvalue weighted by molar-refractivity contribution is 0.957. The van der Waals surface area contributed by atoms with Gasteiger partial charge in [-0.1, -0.05) is 42.5 Å². The van der Waals surface area contributed by atoms with Crippen molar-refractivity contribution in [3.05, 3.63) is 60.2 Å². The predicted molar refractivity (Wildman–Crippen MR) is 105 cm³/mol. The first-order chi connectivity index (χ1) is 12.2. The summed E-state index contributed by atoms with van der Waals surface area (Å²) < 4.78 is 0. The van der Waals surface area contributed by atoms with Crippen molar-refractivity contribution in [2.75, 3.05) is 25.5 Å². The molecule has 0 saturated carbocycles. The number of aliphatic imine (C=N–C) groups is 1. The highest BCUT2D eigenvalue weighted by Crippen LogP contribution is 2.34. The van der Waals surface area contributed by atoms with Gasteiger partial charge in [-0.3, -0.25) is 4.99 Å². The lowest BCUT2D eigenvalue weighted by atomic mass is 9.94. The highest BCUT2D eigenvalue weighted by Gasteiger charge is 2.16. The monoisotopic (exact) mass is 328 g/mol. The van der Waals surface area contributed by atoms with Crippen molar-refractivity contribution >= 4 is 28.4 Å². The Hall–Kier alpha value is -3.01. The molecular weight excluding hydrogens is 308 g/mol. The van der Waals surface area contributed by atoms with Crippen LogP contribution in [0.3, 0.4) is 0 Å². The molecule has 0 bridgehead atoms. The zero-order chi connectivity index (χ0) is 17.2. The molecule has 0 fully saturated rings. The zero-order valence-electron chi connectivity index (χ0n) is 14.5. The normalized spacial score (nSPS) is 13.8. The number of allylic oxidation sites excluding steroid dienone is 1. The third-order valence-electron chi connectivity index (χ3n) is 4.52. The Balaban J connectivity index is 1.97. The minimum absolute atomic E-state index is 0.820. The molecule has 0 radical (unpaired) electrons. The molecule has 0 saturated heterocycles. The molecule has 2 heterocycles. The van der Waals surface area contributed by atoms with Gasteiger partial charge in [-0.25, -0.2) is 0 Å². The van der Waals surface area contributed by atoms with Gasteiger partial charge in [0, 0.05) is 38.0 Å². The number of nitrogens with zero attached hydrogens (tertiary/aromatic N) is 4. The molecular formula is C21H20N4. The Morgan fingerprint density at radius 2 is 1.76 bits per heavy atom. The summed E-state index contributed by atoms with van der Waals surface area (Å²) in [6.45, 7) is 0.820. The van der Waals surface area contributed by atoms with Gasteiger partial charge in [-0.05, 0) is 34.9 Å². The highest BCUT2D eigenvalue weighted by molar-refractivity contribution is 5.99. The van der Waals surface area contributed by atoms with Crippen LogP contribution in [0.5, 0.6) is 0 Å². The standard InChI is InChI=1S/C21H20N4/c1-25(2)20-14-19(16-10-12-22-13-11-16)21(24-23-20)18-9-5-7-15-6-3-4-8-17(15)18/h3-10,12,14H,11,13H2,1-2H3. The van der Waals surface area contributed by atoms with E-state index in [1.54, 1.807) is 0 Å². The molecule has 1 aliphatic rings. The summed E-state index contributed by atoms with van der Waals surface area (Å²) >= 11 is 0. The molecule has 0 unspecified atom stereocenters. The number of rotatable bonds is 3. The summed E-state index contributed by atoms with van der Waals surface area (Å²) in [5, 5.41) is 11.5. The van der Waals surface area contributed by atoms with Crippen LogP contribution < -0.4 is 4.90 Å². The SMILES string of the molecule is CN(C)c1cc(C2=CC=NCC2)c(-c2cccc3ccccc23)nn1. The lowest BCUT2D eigenvalue weighted by Gasteiger charge is -2.18. The molecule has 1 aliphatic heterocycles. The van der Waals surface area contributed by atoms with E-state index in [0.29, 0.717) is 0 Å². The van der Waals surface area contributed by atoms with Crippen molar-refractivity contribution in [2.45, 2.75) is 6.42 Å². The van der Waals surface area contributed by atoms with Crippen LogP contribution in [0.25, 0.3) is 27.6 Å². The van der Waals surface area contributed by atoms with Crippen molar-refractivity contribution in [3.63, 3.8) is 0 Å². The molecule has 0 amide bonds. The van der Waals surface area contributed by atoms with E-state index in [-0.39, 0.29) is 0 Å². The summed E-state index contributed by atoms with van der Waals surface area (Å²) in [7, 11) is 3.98. The van der Waals surface area contributed by atoms with Crippen molar-refractivity contribution in [3.8, 4) is 11.3 Å². The molecule has 4 rings (SSSR count). The first-order valence-electron chi connectivity index (χ1n) is 8.46. The predicted octanol–water partition coefficient (Wildman–Crippen LogP) is 4.22. The first kappa shape index (κ1) is 15.5. The van der Waals surface area contributed by atoms with Gasteiger partial charge in [0.25, 0.3) is 0 Å². The lowest BCUT2D eigenvalue weighted by Crippen LogP contribution is -2.13. The van der Waals surface area contributed by atoms with Gasteiger partial charge in [0.05, 0.1) is 0 Å². The quantitative estimate of drug-likeness (QED) is 0.723. The second kappa shape index (κ2) is 6.48. The van der Waals surface area contributed by atoms with Gasteiger partial charge < -0.3 is 4.90 Å². The maximum absolute atomic E-state index is 4.62. The Morgan fingerprint density at radius 1 is 0.920 bits per heavy atom. The Kier molecular flexibility index (Phi) is 4.02. The van der Waals surface area contributed by atoms with Gasteiger partial charge in [0.15, 0.2) is 5.82 Å². The van der Waals surface area contributed by atoms with Crippen LogP contribution in [-0.4, -0.2) is 37.1 Å². The number of benzene rings is 2. The number of dihydropyridines is 1. The number of hydrogen-bond acceptors (Lipinski definition) is 4. The maximum Gasteiger partial charge on any atom is 0.151 e. The molecule has 0 aliphatic carbocycles. The van der Waals surface area contributed by atoms with Crippen LogP contribution >= 0.6 is 0 Å². The van der Waals surface area contributed by atoms with Crippen LogP contribution in [-0.2, 0) is 0 Å².